The van der Waals surface area contributed by atoms with Gasteiger partial charge < -0.3 is 10.4 Å². The molecule has 1 saturated heterocycles. The molecule has 33 heavy (non-hydrogen) atoms. The molecule has 0 saturated carbocycles. The van der Waals surface area contributed by atoms with Gasteiger partial charge in [-0.3, -0.25) is 0 Å². The normalized spacial score (nSPS) is 24.9. The Bertz CT molecular complexity index is 1360. The highest BCUT2D eigenvalue weighted by molar-refractivity contribution is 7.89. The number of nitrogens with one attached hydrogen (secondary N) is 1. The third-order valence-corrected chi connectivity index (χ3v) is 9.44. The van der Waals surface area contributed by atoms with Gasteiger partial charge in [-0.2, -0.15) is 4.31 Å². The lowest BCUT2D eigenvalue weighted by atomic mass is 9.76. The summed E-state index contributed by atoms with van der Waals surface area (Å²) in [7, 11) is -3.48. The van der Waals surface area contributed by atoms with Gasteiger partial charge in [-0.15, -0.1) is 0 Å². The number of benzene rings is 3. The van der Waals surface area contributed by atoms with E-state index in [0.717, 1.165) is 53.3 Å². The summed E-state index contributed by atoms with van der Waals surface area (Å²) in [5, 5.41) is 16.7. The summed E-state index contributed by atoms with van der Waals surface area (Å²) in [4.78, 5) is 0.385. The highest BCUT2D eigenvalue weighted by Gasteiger charge is 2.40. The summed E-state index contributed by atoms with van der Waals surface area (Å²) in [5.41, 5.74) is 2.89. The number of sulfonamides is 1. The zero-order chi connectivity index (χ0) is 22.6. The molecule has 3 aromatic rings. The van der Waals surface area contributed by atoms with Crippen molar-refractivity contribution in [2.45, 2.75) is 42.5 Å². The SMILES string of the molecule is O=S(=O)(c1ccc2c(c1)C1C=CCC1C(c1c(O)ccc3ccccc13)N2)N1CCCCC1. The lowest BCUT2D eigenvalue weighted by Crippen LogP contribution is -2.36. The largest absolute Gasteiger partial charge is 0.508 e. The van der Waals surface area contributed by atoms with Gasteiger partial charge in [-0.05, 0) is 65.8 Å². The van der Waals surface area contributed by atoms with Gasteiger partial charge in [0.1, 0.15) is 5.75 Å². The number of aromatic hydroxyl groups is 1. The summed E-state index contributed by atoms with van der Waals surface area (Å²) < 4.78 is 28.2. The van der Waals surface area contributed by atoms with Crippen molar-refractivity contribution in [3.05, 3.63) is 77.9 Å². The first-order valence-electron chi connectivity index (χ1n) is 11.8. The lowest BCUT2D eigenvalue weighted by Gasteiger charge is -2.38. The van der Waals surface area contributed by atoms with E-state index in [1.54, 1.807) is 16.4 Å². The maximum absolute atomic E-state index is 13.3. The Morgan fingerprint density at radius 1 is 0.970 bits per heavy atom. The molecule has 6 heteroatoms. The summed E-state index contributed by atoms with van der Waals surface area (Å²) in [5.74, 6) is 0.618. The zero-order valence-corrected chi connectivity index (χ0v) is 19.3. The van der Waals surface area contributed by atoms with Crippen LogP contribution in [0.25, 0.3) is 10.8 Å². The number of anilines is 1. The van der Waals surface area contributed by atoms with Crippen molar-refractivity contribution in [2.75, 3.05) is 18.4 Å². The molecule has 3 aliphatic rings. The highest BCUT2D eigenvalue weighted by Crippen LogP contribution is 2.52. The van der Waals surface area contributed by atoms with Crippen LogP contribution >= 0.6 is 0 Å². The van der Waals surface area contributed by atoms with Crippen molar-refractivity contribution < 1.29 is 13.5 Å². The molecular formula is C27H28N2O3S. The molecule has 0 amide bonds. The van der Waals surface area contributed by atoms with Crippen molar-refractivity contribution in [3.8, 4) is 5.75 Å². The fourth-order valence-corrected chi connectivity index (χ4v) is 7.44. The van der Waals surface area contributed by atoms with Crippen LogP contribution in [0.1, 0.15) is 48.8 Å². The Balaban J connectivity index is 1.43. The van der Waals surface area contributed by atoms with E-state index < -0.39 is 10.0 Å². The first kappa shape index (κ1) is 20.8. The summed E-state index contributed by atoms with van der Waals surface area (Å²) in [6, 6.07) is 17.3. The molecule has 1 aliphatic carbocycles. The van der Waals surface area contributed by atoms with Crippen molar-refractivity contribution in [2.24, 2.45) is 5.92 Å². The molecule has 170 valence electrons. The van der Waals surface area contributed by atoms with Gasteiger partial charge in [0.2, 0.25) is 10.0 Å². The van der Waals surface area contributed by atoms with Gasteiger partial charge in [-0.1, -0.05) is 48.9 Å². The lowest BCUT2D eigenvalue weighted by molar-refractivity contribution is 0.346. The third-order valence-electron chi connectivity index (χ3n) is 7.55. The molecule has 0 spiro atoms. The Hall–Kier alpha value is -2.83. The van der Waals surface area contributed by atoms with Gasteiger partial charge in [0.05, 0.1) is 10.9 Å². The minimum absolute atomic E-state index is 0.0619. The van der Waals surface area contributed by atoms with Gasteiger partial charge >= 0.3 is 0 Å². The minimum atomic E-state index is -3.48. The third kappa shape index (κ3) is 3.35. The van der Waals surface area contributed by atoms with E-state index in [0.29, 0.717) is 23.7 Å². The molecule has 3 aromatic carbocycles. The molecule has 0 radical (unpaired) electrons. The average molecular weight is 461 g/mol. The molecule has 3 atom stereocenters. The van der Waals surface area contributed by atoms with Crippen LogP contribution in [-0.4, -0.2) is 30.9 Å². The maximum atomic E-state index is 13.3. The van der Waals surface area contributed by atoms with E-state index in [1.807, 2.05) is 30.3 Å². The second-order valence-electron chi connectivity index (χ2n) is 9.41. The van der Waals surface area contributed by atoms with E-state index in [-0.39, 0.29) is 17.9 Å². The van der Waals surface area contributed by atoms with Crippen LogP contribution in [0.5, 0.6) is 5.75 Å². The molecule has 2 N–H and O–H groups in total. The topological polar surface area (TPSA) is 69.6 Å². The number of allylic oxidation sites excluding steroid dienone is 2. The Morgan fingerprint density at radius 3 is 2.64 bits per heavy atom. The average Bonchev–Trinajstić information content (AvgIpc) is 3.34. The number of hydrogen-bond acceptors (Lipinski definition) is 4. The molecule has 2 aliphatic heterocycles. The number of phenols is 1. The zero-order valence-electron chi connectivity index (χ0n) is 18.4. The standard InChI is InChI=1S/C27H28N2O3S/c30-25-14-11-18-7-2-3-8-20(18)26(25)27-22-10-6-9-21(22)23-17-19(12-13-24(23)28-27)33(31,32)29-15-4-1-5-16-29/h2-3,6-9,11-14,17,21-22,27-28,30H,1,4-5,10,15-16H2. The van der Waals surface area contributed by atoms with Gasteiger partial charge in [-0.25, -0.2) is 8.42 Å². The number of piperidine rings is 1. The molecule has 5 nitrogen and oxygen atoms in total. The van der Waals surface area contributed by atoms with Crippen LogP contribution in [0.4, 0.5) is 5.69 Å². The van der Waals surface area contributed by atoms with E-state index in [4.69, 9.17) is 0 Å². The summed E-state index contributed by atoms with van der Waals surface area (Å²) in [6.45, 7) is 1.21. The number of phenolic OH excluding ortho intramolecular Hbond substituents is 1. The van der Waals surface area contributed by atoms with Crippen molar-refractivity contribution in [3.63, 3.8) is 0 Å². The molecular weight excluding hydrogens is 432 g/mol. The number of fused-ring (bicyclic) bond motifs is 4. The summed E-state index contributed by atoms with van der Waals surface area (Å²) >= 11 is 0. The van der Waals surface area contributed by atoms with Crippen LogP contribution in [0.2, 0.25) is 0 Å². The second kappa shape index (κ2) is 7.89. The van der Waals surface area contributed by atoms with Crippen LogP contribution in [-0.2, 0) is 10.0 Å². The summed E-state index contributed by atoms with van der Waals surface area (Å²) in [6.07, 6.45) is 8.22. The van der Waals surface area contributed by atoms with E-state index in [2.05, 4.69) is 29.6 Å². The predicted octanol–water partition coefficient (Wildman–Crippen LogP) is 5.55. The van der Waals surface area contributed by atoms with Gasteiger partial charge in [0.15, 0.2) is 0 Å². The molecule has 3 unspecified atom stereocenters. The molecule has 6 rings (SSSR count). The molecule has 1 fully saturated rings. The highest BCUT2D eigenvalue weighted by atomic mass is 32.2. The predicted molar refractivity (Wildman–Crippen MR) is 131 cm³/mol. The smallest absolute Gasteiger partial charge is 0.243 e. The molecule has 2 heterocycles. The Kier molecular flexibility index (Phi) is 4.96. The van der Waals surface area contributed by atoms with Crippen LogP contribution in [0, 0.1) is 5.92 Å². The maximum Gasteiger partial charge on any atom is 0.243 e. The second-order valence-corrected chi connectivity index (χ2v) is 11.3. The van der Waals surface area contributed by atoms with Gasteiger partial charge in [0.25, 0.3) is 0 Å². The monoisotopic (exact) mass is 460 g/mol. The Labute approximate surface area is 194 Å². The number of rotatable bonds is 3. The fraction of sp³-hybridized carbons (Fsp3) is 0.333. The van der Waals surface area contributed by atoms with Crippen molar-refractivity contribution in [1.82, 2.24) is 4.31 Å². The van der Waals surface area contributed by atoms with E-state index in [9.17, 15) is 13.5 Å². The van der Waals surface area contributed by atoms with E-state index >= 15 is 0 Å². The minimum Gasteiger partial charge on any atom is -0.508 e. The van der Waals surface area contributed by atoms with Crippen LogP contribution < -0.4 is 5.32 Å². The van der Waals surface area contributed by atoms with Crippen molar-refractivity contribution in [1.29, 1.82) is 0 Å². The van der Waals surface area contributed by atoms with Crippen LogP contribution in [0.3, 0.4) is 0 Å². The molecule has 0 aromatic heterocycles. The van der Waals surface area contributed by atoms with Gasteiger partial charge in [0, 0.05) is 30.3 Å². The van der Waals surface area contributed by atoms with Crippen LogP contribution in [0.15, 0.2) is 71.6 Å². The van der Waals surface area contributed by atoms with E-state index in [1.165, 1.54) is 0 Å². The fourth-order valence-electron chi connectivity index (χ4n) is 5.88. The molecule has 0 bridgehead atoms. The first-order chi connectivity index (χ1) is 16.0. The Morgan fingerprint density at radius 2 is 1.79 bits per heavy atom. The quantitative estimate of drug-likeness (QED) is 0.503. The van der Waals surface area contributed by atoms with Crippen molar-refractivity contribution >= 4 is 26.5 Å². The first-order valence-corrected chi connectivity index (χ1v) is 13.3. The number of hydrogen-bond donors (Lipinski definition) is 2. The number of nitrogens with zero attached hydrogens (tertiary/aromatic N) is 1.